The molecule has 0 aliphatic heterocycles. The third-order valence-electron chi connectivity index (χ3n) is 3.76. The third kappa shape index (κ3) is 4.29. The summed E-state index contributed by atoms with van der Waals surface area (Å²) in [6.07, 6.45) is 2.57. The largest absolute Gasteiger partial charge is 0.368 e. The standard InChI is InChI=1S/C19H21N5/c1-14-8-9-15(2)17(12-14)22-19-23-18(13-21-24-19)20-11-10-16-6-4-3-5-7-16/h3-9,12-13H,10-11H2,1-2H3,(H2,20,22,23,24). The van der Waals surface area contributed by atoms with Crippen LogP contribution in [-0.4, -0.2) is 21.7 Å². The van der Waals surface area contributed by atoms with Crippen LogP contribution in [0, 0.1) is 13.8 Å². The monoisotopic (exact) mass is 319 g/mol. The molecule has 0 atom stereocenters. The van der Waals surface area contributed by atoms with Gasteiger partial charge in [0.1, 0.15) is 0 Å². The highest BCUT2D eigenvalue weighted by atomic mass is 15.3. The van der Waals surface area contributed by atoms with E-state index < -0.39 is 0 Å². The van der Waals surface area contributed by atoms with Crippen molar-refractivity contribution < 1.29 is 0 Å². The van der Waals surface area contributed by atoms with Crippen molar-refractivity contribution in [1.29, 1.82) is 0 Å². The maximum absolute atomic E-state index is 4.47. The Hall–Kier alpha value is -2.95. The van der Waals surface area contributed by atoms with Crippen LogP contribution >= 0.6 is 0 Å². The number of hydrogen-bond acceptors (Lipinski definition) is 5. The highest BCUT2D eigenvalue weighted by molar-refractivity contribution is 5.59. The van der Waals surface area contributed by atoms with Crippen molar-refractivity contribution in [2.24, 2.45) is 0 Å². The Balaban J connectivity index is 1.62. The molecule has 0 unspecified atom stereocenters. The number of nitrogens with one attached hydrogen (secondary N) is 2. The highest BCUT2D eigenvalue weighted by Gasteiger charge is 2.04. The minimum Gasteiger partial charge on any atom is -0.368 e. The van der Waals surface area contributed by atoms with Crippen LogP contribution in [0.5, 0.6) is 0 Å². The number of aryl methyl sites for hydroxylation is 2. The zero-order valence-corrected chi connectivity index (χ0v) is 14.0. The van der Waals surface area contributed by atoms with Gasteiger partial charge in [-0.3, -0.25) is 0 Å². The van der Waals surface area contributed by atoms with E-state index in [0.717, 1.165) is 24.2 Å². The highest BCUT2D eigenvalue weighted by Crippen LogP contribution is 2.19. The van der Waals surface area contributed by atoms with Crippen LogP contribution in [0.1, 0.15) is 16.7 Å². The van der Waals surface area contributed by atoms with Gasteiger partial charge in [-0.1, -0.05) is 42.5 Å². The van der Waals surface area contributed by atoms with Gasteiger partial charge in [0.15, 0.2) is 5.82 Å². The lowest BCUT2D eigenvalue weighted by atomic mass is 10.1. The summed E-state index contributed by atoms with van der Waals surface area (Å²) in [5.41, 5.74) is 4.62. The molecule has 0 aliphatic rings. The molecule has 3 aromatic rings. The van der Waals surface area contributed by atoms with Gasteiger partial charge in [0, 0.05) is 12.2 Å². The van der Waals surface area contributed by atoms with E-state index in [0.29, 0.717) is 11.8 Å². The zero-order valence-electron chi connectivity index (χ0n) is 14.0. The van der Waals surface area contributed by atoms with E-state index in [1.807, 2.05) is 18.2 Å². The zero-order chi connectivity index (χ0) is 16.8. The van der Waals surface area contributed by atoms with E-state index in [4.69, 9.17) is 0 Å². The van der Waals surface area contributed by atoms with Gasteiger partial charge in [-0.15, -0.1) is 5.10 Å². The molecule has 0 aliphatic carbocycles. The van der Waals surface area contributed by atoms with Crippen molar-refractivity contribution >= 4 is 17.5 Å². The minimum absolute atomic E-state index is 0.494. The van der Waals surface area contributed by atoms with Gasteiger partial charge >= 0.3 is 0 Å². The van der Waals surface area contributed by atoms with Crippen LogP contribution in [0.3, 0.4) is 0 Å². The van der Waals surface area contributed by atoms with E-state index in [-0.39, 0.29) is 0 Å². The summed E-state index contributed by atoms with van der Waals surface area (Å²) >= 11 is 0. The molecule has 0 saturated heterocycles. The van der Waals surface area contributed by atoms with E-state index in [1.165, 1.54) is 11.1 Å². The fraction of sp³-hybridized carbons (Fsp3) is 0.211. The SMILES string of the molecule is Cc1ccc(C)c(Nc2nncc(NCCc3ccccc3)n2)c1. The Kier molecular flexibility index (Phi) is 5.01. The number of hydrogen-bond donors (Lipinski definition) is 2. The number of nitrogens with zero attached hydrogens (tertiary/aromatic N) is 3. The summed E-state index contributed by atoms with van der Waals surface area (Å²) in [5.74, 6) is 1.21. The van der Waals surface area contributed by atoms with Crippen LogP contribution in [0.4, 0.5) is 17.5 Å². The maximum Gasteiger partial charge on any atom is 0.249 e. The second-order valence-electron chi connectivity index (χ2n) is 5.77. The van der Waals surface area contributed by atoms with Crippen LogP contribution in [-0.2, 0) is 6.42 Å². The van der Waals surface area contributed by atoms with Crippen LogP contribution < -0.4 is 10.6 Å². The van der Waals surface area contributed by atoms with Crippen molar-refractivity contribution in [2.75, 3.05) is 17.2 Å². The second kappa shape index (κ2) is 7.55. The average Bonchev–Trinajstić information content (AvgIpc) is 2.60. The summed E-state index contributed by atoms with van der Waals surface area (Å²) in [6.45, 7) is 4.91. The van der Waals surface area contributed by atoms with Gasteiger partial charge in [-0.05, 0) is 43.0 Å². The van der Waals surface area contributed by atoms with Crippen LogP contribution in [0.2, 0.25) is 0 Å². The normalized spacial score (nSPS) is 10.4. The molecule has 0 spiro atoms. The smallest absolute Gasteiger partial charge is 0.249 e. The molecular weight excluding hydrogens is 298 g/mol. The maximum atomic E-state index is 4.47. The van der Waals surface area contributed by atoms with Crippen LogP contribution in [0.25, 0.3) is 0 Å². The summed E-state index contributed by atoms with van der Waals surface area (Å²) in [7, 11) is 0. The van der Waals surface area contributed by atoms with E-state index in [1.54, 1.807) is 6.20 Å². The lowest BCUT2D eigenvalue weighted by Gasteiger charge is -2.10. The first kappa shape index (κ1) is 15.9. The van der Waals surface area contributed by atoms with Crippen molar-refractivity contribution in [3.8, 4) is 0 Å². The molecule has 5 nitrogen and oxygen atoms in total. The molecule has 0 amide bonds. The summed E-state index contributed by atoms with van der Waals surface area (Å²) < 4.78 is 0. The Labute approximate surface area is 142 Å². The number of aromatic nitrogens is 3. The second-order valence-corrected chi connectivity index (χ2v) is 5.77. The molecular formula is C19H21N5. The Bertz CT molecular complexity index is 802. The molecule has 0 bridgehead atoms. The summed E-state index contributed by atoms with van der Waals surface area (Å²) in [5, 5.41) is 14.6. The van der Waals surface area contributed by atoms with Crippen molar-refractivity contribution in [3.63, 3.8) is 0 Å². The predicted molar refractivity (Wildman–Crippen MR) is 97.7 cm³/mol. The van der Waals surface area contributed by atoms with Gasteiger partial charge in [-0.25, -0.2) is 0 Å². The van der Waals surface area contributed by atoms with Gasteiger partial charge in [-0.2, -0.15) is 10.1 Å². The molecule has 2 aromatic carbocycles. The molecule has 0 fully saturated rings. The predicted octanol–water partition coefficient (Wildman–Crippen LogP) is 3.89. The number of benzene rings is 2. The van der Waals surface area contributed by atoms with Gasteiger partial charge in [0.05, 0.1) is 6.20 Å². The fourth-order valence-electron chi connectivity index (χ4n) is 2.41. The molecule has 0 radical (unpaired) electrons. The molecule has 122 valence electrons. The van der Waals surface area contributed by atoms with Crippen molar-refractivity contribution in [2.45, 2.75) is 20.3 Å². The van der Waals surface area contributed by atoms with Gasteiger partial charge in [0.25, 0.3) is 0 Å². The Morgan fingerprint density at radius 3 is 2.67 bits per heavy atom. The molecule has 1 aromatic heterocycles. The first-order valence-electron chi connectivity index (χ1n) is 8.02. The lowest BCUT2D eigenvalue weighted by molar-refractivity contribution is 0.950. The van der Waals surface area contributed by atoms with Gasteiger partial charge < -0.3 is 10.6 Å². The molecule has 0 saturated carbocycles. The third-order valence-corrected chi connectivity index (χ3v) is 3.76. The number of anilines is 3. The van der Waals surface area contributed by atoms with Gasteiger partial charge in [0.2, 0.25) is 5.95 Å². The molecule has 5 heteroatoms. The van der Waals surface area contributed by atoms with Crippen LogP contribution in [0.15, 0.2) is 54.7 Å². The Morgan fingerprint density at radius 1 is 1.00 bits per heavy atom. The van der Waals surface area contributed by atoms with Crippen molar-refractivity contribution in [3.05, 3.63) is 71.4 Å². The van der Waals surface area contributed by atoms with E-state index >= 15 is 0 Å². The quantitative estimate of drug-likeness (QED) is 0.722. The van der Waals surface area contributed by atoms with Crippen molar-refractivity contribution in [1.82, 2.24) is 15.2 Å². The number of rotatable bonds is 6. The molecule has 24 heavy (non-hydrogen) atoms. The minimum atomic E-state index is 0.494. The summed E-state index contributed by atoms with van der Waals surface area (Å²) in [4.78, 5) is 4.47. The van der Waals surface area contributed by atoms with E-state index in [2.05, 4.69) is 70.0 Å². The molecule has 1 heterocycles. The van der Waals surface area contributed by atoms with E-state index in [9.17, 15) is 0 Å². The molecule has 3 rings (SSSR count). The Morgan fingerprint density at radius 2 is 1.83 bits per heavy atom. The molecule has 2 N–H and O–H groups in total. The first-order chi connectivity index (χ1) is 11.7. The topological polar surface area (TPSA) is 62.7 Å². The first-order valence-corrected chi connectivity index (χ1v) is 8.02. The fourth-order valence-corrected chi connectivity index (χ4v) is 2.41. The average molecular weight is 319 g/mol. The summed E-state index contributed by atoms with van der Waals surface area (Å²) in [6, 6.07) is 16.6. The lowest BCUT2D eigenvalue weighted by Crippen LogP contribution is -2.09.